The van der Waals surface area contributed by atoms with Crippen molar-refractivity contribution in [2.24, 2.45) is 0 Å². The van der Waals surface area contributed by atoms with Crippen molar-refractivity contribution in [3.8, 4) is 5.69 Å². The van der Waals surface area contributed by atoms with Crippen LogP contribution in [-0.4, -0.2) is 19.0 Å². The van der Waals surface area contributed by atoms with Crippen LogP contribution in [0.15, 0.2) is 66.1 Å². The minimum Gasteiger partial charge on any atom is -0.252 e. The molecule has 1 aromatic carbocycles. The summed E-state index contributed by atoms with van der Waals surface area (Å²) < 4.78 is 14.1. The lowest BCUT2D eigenvalue weighted by atomic mass is 10.2. The first-order valence-corrected chi connectivity index (χ1v) is 8.01. The summed E-state index contributed by atoms with van der Waals surface area (Å²) in [6.07, 6.45) is 5.20. The van der Waals surface area contributed by atoms with Crippen LogP contribution in [-0.2, 0) is 16.6 Å². The highest BCUT2D eigenvalue weighted by molar-refractivity contribution is 7.84. The van der Waals surface area contributed by atoms with Crippen molar-refractivity contribution in [3.05, 3.63) is 71.6 Å². The van der Waals surface area contributed by atoms with Gasteiger partial charge in [-0.05, 0) is 35.9 Å². The summed E-state index contributed by atoms with van der Waals surface area (Å²) in [6.45, 7) is 0. The first kappa shape index (κ1) is 14.0. The van der Waals surface area contributed by atoms with Gasteiger partial charge in [-0.3, -0.25) is 4.21 Å². The van der Waals surface area contributed by atoms with Crippen LogP contribution in [0.4, 0.5) is 0 Å². The van der Waals surface area contributed by atoms with E-state index in [2.05, 4.69) is 10.1 Å². The third-order valence-electron chi connectivity index (χ3n) is 2.94. The van der Waals surface area contributed by atoms with Crippen molar-refractivity contribution in [1.82, 2.24) is 14.8 Å². The Hall–Kier alpha value is -1.98. The Balaban J connectivity index is 1.77. The van der Waals surface area contributed by atoms with Gasteiger partial charge in [-0.2, -0.15) is 5.10 Å². The molecule has 2 heterocycles. The fourth-order valence-electron chi connectivity index (χ4n) is 1.92. The molecule has 0 N–H and O–H groups in total. The van der Waals surface area contributed by atoms with E-state index >= 15 is 0 Å². The van der Waals surface area contributed by atoms with Crippen LogP contribution in [0.25, 0.3) is 5.69 Å². The van der Waals surface area contributed by atoms with Crippen molar-refractivity contribution in [1.29, 1.82) is 0 Å². The first-order valence-electron chi connectivity index (χ1n) is 6.32. The molecule has 0 amide bonds. The summed E-state index contributed by atoms with van der Waals surface area (Å²) in [7, 11) is -1.25. The highest BCUT2D eigenvalue weighted by atomic mass is 35.5. The van der Waals surface area contributed by atoms with Crippen molar-refractivity contribution < 1.29 is 4.21 Å². The van der Waals surface area contributed by atoms with E-state index in [-0.39, 0.29) is 0 Å². The van der Waals surface area contributed by atoms with Gasteiger partial charge < -0.3 is 0 Å². The largest absolute Gasteiger partial charge is 0.252 e. The molecule has 21 heavy (non-hydrogen) atoms. The lowest BCUT2D eigenvalue weighted by Gasteiger charge is -2.05. The monoisotopic (exact) mass is 317 g/mol. The van der Waals surface area contributed by atoms with E-state index in [1.54, 1.807) is 29.2 Å². The number of halogens is 1. The predicted octanol–water partition coefficient (Wildman–Crippen LogP) is 3.23. The SMILES string of the molecule is O=[S@@](Cc1ccc(-n2cccn2)cc1)c1ncccc1Cl. The minimum atomic E-state index is -1.25. The average Bonchev–Trinajstić information content (AvgIpc) is 3.02. The number of nitrogens with zero attached hydrogens (tertiary/aromatic N) is 3. The summed E-state index contributed by atoms with van der Waals surface area (Å²) in [5.74, 6) is 0.385. The molecule has 106 valence electrons. The Morgan fingerprint density at radius 1 is 1.10 bits per heavy atom. The first-order chi connectivity index (χ1) is 10.2. The molecule has 0 spiro atoms. The molecular weight excluding hydrogens is 306 g/mol. The maximum atomic E-state index is 12.3. The van der Waals surface area contributed by atoms with Gasteiger partial charge in [0.05, 0.1) is 27.3 Å². The van der Waals surface area contributed by atoms with Gasteiger partial charge >= 0.3 is 0 Å². The molecule has 0 bridgehead atoms. The van der Waals surface area contributed by atoms with Crippen LogP contribution in [0, 0.1) is 0 Å². The second-order valence-corrected chi connectivity index (χ2v) is 6.17. The van der Waals surface area contributed by atoms with E-state index in [1.807, 2.05) is 36.5 Å². The number of pyridine rings is 1. The van der Waals surface area contributed by atoms with Crippen molar-refractivity contribution >= 4 is 22.4 Å². The van der Waals surface area contributed by atoms with Gasteiger partial charge in [0.2, 0.25) is 0 Å². The highest BCUT2D eigenvalue weighted by Crippen LogP contribution is 2.19. The maximum Gasteiger partial charge on any atom is 0.146 e. The number of hydrogen-bond donors (Lipinski definition) is 0. The smallest absolute Gasteiger partial charge is 0.146 e. The highest BCUT2D eigenvalue weighted by Gasteiger charge is 2.10. The van der Waals surface area contributed by atoms with Crippen LogP contribution >= 0.6 is 11.6 Å². The van der Waals surface area contributed by atoms with Gasteiger partial charge in [0.15, 0.2) is 0 Å². The lowest BCUT2D eigenvalue weighted by molar-refractivity contribution is 0.680. The van der Waals surface area contributed by atoms with Crippen molar-refractivity contribution in [3.63, 3.8) is 0 Å². The fourth-order valence-corrected chi connectivity index (χ4v) is 3.40. The Bertz CT molecular complexity index is 757. The third kappa shape index (κ3) is 3.20. The number of rotatable bonds is 4. The fraction of sp³-hybridized carbons (Fsp3) is 0.0667. The zero-order chi connectivity index (χ0) is 14.7. The minimum absolute atomic E-state index is 0.385. The van der Waals surface area contributed by atoms with Crippen molar-refractivity contribution in [2.75, 3.05) is 0 Å². The Morgan fingerprint density at radius 2 is 1.90 bits per heavy atom. The predicted molar refractivity (Wildman–Crippen MR) is 82.9 cm³/mol. The van der Waals surface area contributed by atoms with Gasteiger partial charge in [-0.25, -0.2) is 9.67 Å². The van der Waals surface area contributed by atoms with Gasteiger partial charge in [0.1, 0.15) is 5.03 Å². The zero-order valence-corrected chi connectivity index (χ0v) is 12.6. The molecular formula is C15H12ClN3OS. The van der Waals surface area contributed by atoms with Crippen LogP contribution in [0.3, 0.4) is 0 Å². The second kappa shape index (κ2) is 6.20. The van der Waals surface area contributed by atoms with Crippen LogP contribution in [0.2, 0.25) is 5.02 Å². The van der Waals surface area contributed by atoms with Crippen LogP contribution in [0.1, 0.15) is 5.56 Å². The Kier molecular flexibility index (Phi) is 4.13. The average molecular weight is 318 g/mol. The normalized spacial score (nSPS) is 12.2. The molecule has 0 aliphatic rings. The second-order valence-electron chi connectivity index (χ2n) is 4.40. The summed E-state index contributed by atoms with van der Waals surface area (Å²) >= 11 is 6.01. The lowest BCUT2D eigenvalue weighted by Crippen LogP contribution is -2.00. The van der Waals surface area contributed by atoms with Crippen molar-refractivity contribution in [2.45, 2.75) is 10.8 Å². The molecule has 0 radical (unpaired) electrons. The summed E-state index contributed by atoms with van der Waals surface area (Å²) in [4.78, 5) is 4.09. The standard InChI is InChI=1S/C15H12ClN3OS/c16-14-3-1-8-17-15(14)21(20)11-12-4-6-13(7-5-12)19-10-2-9-18-19/h1-10H,11H2/t21-/m0/s1. The van der Waals surface area contributed by atoms with E-state index in [1.165, 1.54) is 0 Å². The van der Waals surface area contributed by atoms with Crippen LogP contribution < -0.4 is 0 Å². The summed E-state index contributed by atoms with van der Waals surface area (Å²) in [5.41, 5.74) is 1.93. The van der Waals surface area contributed by atoms with E-state index < -0.39 is 10.8 Å². The van der Waals surface area contributed by atoms with E-state index in [0.717, 1.165) is 11.3 Å². The molecule has 3 aromatic rings. The Labute approximate surface area is 129 Å². The number of aromatic nitrogens is 3. The molecule has 0 aliphatic heterocycles. The molecule has 0 aliphatic carbocycles. The van der Waals surface area contributed by atoms with Crippen LogP contribution in [0.5, 0.6) is 0 Å². The summed E-state index contributed by atoms with van der Waals surface area (Å²) in [6, 6.07) is 13.0. The molecule has 0 saturated carbocycles. The molecule has 2 aromatic heterocycles. The van der Waals surface area contributed by atoms with Gasteiger partial charge in [0, 0.05) is 18.6 Å². The van der Waals surface area contributed by atoms with E-state index in [0.29, 0.717) is 15.8 Å². The molecule has 4 nitrogen and oxygen atoms in total. The zero-order valence-electron chi connectivity index (χ0n) is 11.0. The van der Waals surface area contributed by atoms with Gasteiger partial charge in [0.25, 0.3) is 0 Å². The van der Waals surface area contributed by atoms with E-state index in [4.69, 9.17) is 11.6 Å². The van der Waals surface area contributed by atoms with Gasteiger partial charge in [-0.15, -0.1) is 0 Å². The number of benzene rings is 1. The topological polar surface area (TPSA) is 47.8 Å². The molecule has 1 atom stereocenters. The third-order valence-corrected chi connectivity index (χ3v) is 4.71. The van der Waals surface area contributed by atoms with E-state index in [9.17, 15) is 4.21 Å². The maximum absolute atomic E-state index is 12.3. The number of hydrogen-bond acceptors (Lipinski definition) is 3. The molecule has 0 unspecified atom stereocenters. The summed E-state index contributed by atoms with van der Waals surface area (Å²) in [5, 5.41) is 5.03. The molecule has 0 saturated heterocycles. The molecule has 0 fully saturated rings. The van der Waals surface area contributed by atoms with Gasteiger partial charge in [-0.1, -0.05) is 23.7 Å². The molecule has 3 rings (SSSR count). The quantitative estimate of drug-likeness (QED) is 0.742. The Morgan fingerprint density at radius 3 is 2.57 bits per heavy atom. The molecule has 6 heteroatoms.